The molecule has 0 aliphatic carbocycles. The van der Waals surface area contributed by atoms with Crippen LogP contribution >= 0.6 is 0 Å². The maximum absolute atomic E-state index is 11.5. The molecule has 2 rings (SSSR count). The Balaban J connectivity index is 2.19. The number of hydrogen-bond donors (Lipinski definition) is 3. The molecule has 0 unspecified atom stereocenters. The van der Waals surface area contributed by atoms with Crippen molar-refractivity contribution in [2.75, 3.05) is 0 Å². The van der Waals surface area contributed by atoms with Gasteiger partial charge in [0.1, 0.15) is 0 Å². The third-order valence-corrected chi connectivity index (χ3v) is 1.94. The Morgan fingerprint density at radius 3 is 2.56 bits per heavy atom. The largest absolute Gasteiger partial charge is 0.492 e. The van der Waals surface area contributed by atoms with E-state index in [0.717, 1.165) is 18.2 Å². The van der Waals surface area contributed by atoms with E-state index in [4.69, 9.17) is 0 Å². The average Bonchev–Trinajstić information content (AvgIpc) is 2.91. The van der Waals surface area contributed by atoms with Gasteiger partial charge in [-0.2, -0.15) is 0 Å². The molecule has 0 fully saturated rings. The number of hydrogen-bond acceptors (Lipinski definition) is 7. The van der Waals surface area contributed by atoms with Crippen LogP contribution in [0.1, 0.15) is 10.5 Å². The van der Waals surface area contributed by atoms with E-state index in [2.05, 4.69) is 9.94 Å². The molecular formula is C8H6N4O6. The molecule has 0 aromatic carbocycles. The first kappa shape index (κ1) is 11.4. The Kier molecular flexibility index (Phi) is 2.60. The fraction of sp³-hybridized carbons (Fsp3) is 0. The smallest absolute Gasteiger partial charge is 0.386 e. The van der Waals surface area contributed by atoms with Crippen LogP contribution in [0.3, 0.4) is 0 Å². The summed E-state index contributed by atoms with van der Waals surface area (Å²) < 4.78 is 0.447. The first-order chi connectivity index (χ1) is 8.49. The maximum Gasteiger partial charge on any atom is 0.386 e. The second-order valence-electron chi connectivity index (χ2n) is 3.12. The summed E-state index contributed by atoms with van der Waals surface area (Å²) in [6, 6.07) is 3.05. The van der Waals surface area contributed by atoms with Crippen molar-refractivity contribution in [1.29, 1.82) is 0 Å². The molecule has 0 radical (unpaired) electrons. The molecule has 18 heavy (non-hydrogen) atoms. The van der Waals surface area contributed by atoms with Gasteiger partial charge in [0.2, 0.25) is 17.5 Å². The van der Waals surface area contributed by atoms with E-state index in [0.29, 0.717) is 4.73 Å². The zero-order valence-electron chi connectivity index (χ0n) is 8.60. The first-order valence-electron chi connectivity index (χ1n) is 4.51. The van der Waals surface area contributed by atoms with Crippen molar-refractivity contribution in [3.05, 3.63) is 34.0 Å². The molecule has 0 aliphatic rings. The molecule has 10 nitrogen and oxygen atoms in total. The number of H-pyrrole nitrogens is 1. The Morgan fingerprint density at radius 1 is 1.44 bits per heavy atom. The lowest BCUT2D eigenvalue weighted by atomic mass is 10.4. The van der Waals surface area contributed by atoms with Crippen molar-refractivity contribution < 1.29 is 24.8 Å². The van der Waals surface area contributed by atoms with Crippen LogP contribution in [-0.2, 0) is 0 Å². The molecule has 10 heteroatoms. The van der Waals surface area contributed by atoms with Gasteiger partial charge >= 0.3 is 11.8 Å². The molecule has 0 amide bonds. The van der Waals surface area contributed by atoms with Crippen molar-refractivity contribution in [2.45, 2.75) is 0 Å². The van der Waals surface area contributed by atoms with E-state index in [9.17, 15) is 25.1 Å². The molecule has 0 saturated carbocycles. The molecule has 2 aromatic rings. The second-order valence-corrected chi connectivity index (χ2v) is 3.12. The van der Waals surface area contributed by atoms with Gasteiger partial charge in [-0.05, 0) is 4.92 Å². The van der Waals surface area contributed by atoms with Gasteiger partial charge in [-0.3, -0.25) is 0 Å². The molecule has 3 N–H and O–H groups in total. The minimum Gasteiger partial charge on any atom is -0.492 e. The van der Waals surface area contributed by atoms with E-state index in [-0.39, 0.29) is 5.69 Å². The number of carbonyl (C=O) groups is 1. The van der Waals surface area contributed by atoms with Gasteiger partial charge in [-0.1, -0.05) is 5.10 Å². The van der Waals surface area contributed by atoms with Crippen LogP contribution in [0.4, 0.5) is 5.82 Å². The van der Waals surface area contributed by atoms with Gasteiger partial charge in [-0.15, -0.1) is 9.83 Å². The van der Waals surface area contributed by atoms with Crippen molar-refractivity contribution in [3.8, 4) is 11.8 Å². The monoisotopic (exact) mass is 254 g/mol. The van der Waals surface area contributed by atoms with Crippen LogP contribution in [0.25, 0.3) is 0 Å². The second kappa shape index (κ2) is 4.08. The molecule has 2 aromatic heterocycles. The number of nitro groups is 1. The number of aromatic nitrogens is 3. The summed E-state index contributed by atoms with van der Waals surface area (Å²) in [6.07, 6.45) is 0. The predicted molar refractivity (Wildman–Crippen MR) is 53.9 cm³/mol. The summed E-state index contributed by atoms with van der Waals surface area (Å²) in [4.78, 5) is 25.6. The fourth-order valence-corrected chi connectivity index (χ4v) is 1.13. The number of aromatic amines is 1. The molecule has 0 bridgehead atoms. The molecule has 0 atom stereocenters. The number of carbonyl (C=O) groups excluding carboxylic acids is 1. The van der Waals surface area contributed by atoms with Crippen molar-refractivity contribution in [2.24, 2.45) is 0 Å². The van der Waals surface area contributed by atoms with Crippen LogP contribution in [0.2, 0.25) is 0 Å². The molecule has 0 aliphatic heterocycles. The van der Waals surface area contributed by atoms with Gasteiger partial charge in [0, 0.05) is 12.1 Å². The van der Waals surface area contributed by atoms with Crippen molar-refractivity contribution in [1.82, 2.24) is 14.9 Å². The summed E-state index contributed by atoms with van der Waals surface area (Å²) in [5.41, 5.74) is -0.366. The van der Waals surface area contributed by atoms with E-state index in [1.807, 2.05) is 5.10 Å². The molecule has 0 saturated heterocycles. The summed E-state index contributed by atoms with van der Waals surface area (Å²) in [5, 5.41) is 34.1. The number of nitrogens with zero attached hydrogens (tertiary/aromatic N) is 3. The summed E-state index contributed by atoms with van der Waals surface area (Å²) in [6.45, 7) is 0. The number of nitrogens with one attached hydrogen (secondary N) is 1. The van der Waals surface area contributed by atoms with Crippen LogP contribution in [0.15, 0.2) is 18.2 Å². The van der Waals surface area contributed by atoms with E-state index >= 15 is 0 Å². The zero-order valence-corrected chi connectivity index (χ0v) is 8.60. The van der Waals surface area contributed by atoms with Gasteiger partial charge in [0.05, 0.1) is 6.07 Å². The summed E-state index contributed by atoms with van der Waals surface area (Å²) in [7, 11) is 0. The lowest BCUT2D eigenvalue weighted by molar-refractivity contribution is -0.389. The maximum atomic E-state index is 11.5. The van der Waals surface area contributed by atoms with Crippen LogP contribution in [0.5, 0.6) is 11.8 Å². The Bertz CT molecular complexity index is 595. The zero-order chi connectivity index (χ0) is 13.3. The van der Waals surface area contributed by atoms with Gasteiger partial charge in [-0.25, -0.2) is 4.79 Å². The van der Waals surface area contributed by atoms with Gasteiger partial charge in [0.15, 0.2) is 0 Å². The molecule has 2 heterocycles. The Hall–Kier alpha value is -3.04. The molecular weight excluding hydrogens is 248 g/mol. The molecule has 0 spiro atoms. The van der Waals surface area contributed by atoms with Crippen LogP contribution in [0, 0.1) is 10.1 Å². The first-order valence-corrected chi connectivity index (χ1v) is 4.51. The average molecular weight is 254 g/mol. The lowest BCUT2D eigenvalue weighted by Gasteiger charge is -2.03. The van der Waals surface area contributed by atoms with E-state index < -0.39 is 28.5 Å². The van der Waals surface area contributed by atoms with E-state index in [1.54, 1.807) is 0 Å². The lowest BCUT2D eigenvalue weighted by Crippen LogP contribution is -2.19. The van der Waals surface area contributed by atoms with E-state index in [1.165, 1.54) is 0 Å². The molecule has 94 valence electrons. The Labute approximate surface area is 98.1 Å². The number of aromatic hydroxyl groups is 2. The van der Waals surface area contributed by atoms with Crippen LogP contribution < -0.4 is 4.84 Å². The highest BCUT2D eigenvalue weighted by molar-refractivity contribution is 5.88. The van der Waals surface area contributed by atoms with Crippen molar-refractivity contribution >= 4 is 11.8 Å². The highest BCUT2D eigenvalue weighted by atomic mass is 16.7. The van der Waals surface area contributed by atoms with Gasteiger partial charge in [0.25, 0.3) is 0 Å². The van der Waals surface area contributed by atoms with Gasteiger partial charge < -0.3 is 25.2 Å². The normalized spacial score (nSPS) is 10.2. The Morgan fingerprint density at radius 2 is 2.06 bits per heavy atom. The highest BCUT2D eigenvalue weighted by Gasteiger charge is 2.20. The van der Waals surface area contributed by atoms with Crippen molar-refractivity contribution in [3.63, 3.8) is 0 Å². The highest BCUT2D eigenvalue weighted by Crippen LogP contribution is 2.19. The number of rotatable bonds is 3. The predicted octanol–water partition coefficient (Wildman–Crippen LogP) is -0.200. The third-order valence-electron chi connectivity index (χ3n) is 1.94. The minimum atomic E-state index is -1.08. The summed E-state index contributed by atoms with van der Waals surface area (Å²) >= 11 is 0. The third kappa shape index (κ3) is 1.93. The SMILES string of the molecule is O=C(On1c(O)ccc1O)c1cc([N+](=O)[O-])[nH]n1. The minimum absolute atomic E-state index is 0.366. The fourth-order valence-electron chi connectivity index (χ4n) is 1.13. The van der Waals surface area contributed by atoms with Crippen LogP contribution in [-0.4, -0.2) is 36.0 Å². The summed E-state index contributed by atoms with van der Waals surface area (Å²) in [5.74, 6) is -2.58. The quantitative estimate of drug-likeness (QED) is 0.508. The standard InChI is InChI=1S/C8H6N4O6/c13-6-1-2-7(14)11(6)18-8(15)4-3-5(10-9-4)12(16)17/h1-3,13-14H,(H,9,10). The topological polar surface area (TPSA) is 144 Å².